The Kier molecular flexibility index (Phi) is 6.45. The van der Waals surface area contributed by atoms with Crippen LogP contribution in [0, 0.1) is 6.92 Å². The molecule has 4 nitrogen and oxygen atoms in total. The lowest BCUT2D eigenvalue weighted by molar-refractivity contribution is 0.0499. The van der Waals surface area contributed by atoms with Crippen LogP contribution >= 0.6 is 10.8 Å². The Bertz CT molecular complexity index is 779. The fraction of sp³-hybridized carbons (Fsp3) is 0.278. The lowest BCUT2D eigenvalue weighted by Gasteiger charge is -2.06. The van der Waals surface area contributed by atoms with E-state index < -0.39 is 8.87 Å². The van der Waals surface area contributed by atoms with Gasteiger partial charge in [0.05, 0.1) is 17.1 Å². The van der Waals surface area contributed by atoms with Crippen LogP contribution in [-0.4, -0.2) is 21.0 Å². The highest BCUT2D eigenvalue weighted by molar-refractivity contribution is 8.72. The zero-order valence-corrected chi connectivity index (χ0v) is 15.3. The standard InChI is InChI=1S/C18H20O4S2/c1-3-4-13-22-18(19)15-7-9-16(10-8-15)23-24(20,21)17-11-5-14(2)6-12-17/h5-12H,3-4,13H2,1-2H3. The third kappa shape index (κ3) is 5.11. The van der Waals surface area contributed by atoms with E-state index in [2.05, 4.69) is 0 Å². The maximum absolute atomic E-state index is 12.4. The number of carbonyl (C=O) groups is 1. The number of benzene rings is 2. The summed E-state index contributed by atoms with van der Waals surface area (Å²) in [7, 11) is -2.71. The number of ether oxygens (including phenoxy) is 1. The molecule has 6 heteroatoms. The average Bonchev–Trinajstić information content (AvgIpc) is 2.55. The topological polar surface area (TPSA) is 60.4 Å². The minimum atomic E-state index is -3.48. The van der Waals surface area contributed by atoms with Crippen LogP contribution in [0.1, 0.15) is 35.7 Å². The molecule has 0 aliphatic rings. The molecule has 0 amide bonds. The number of aryl methyl sites for hydroxylation is 1. The molecule has 0 saturated carbocycles. The van der Waals surface area contributed by atoms with Crippen molar-refractivity contribution in [2.45, 2.75) is 36.5 Å². The normalized spacial score (nSPS) is 11.2. The quantitative estimate of drug-likeness (QED) is 0.413. The fourth-order valence-electron chi connectivity index (χ4n) is 1.92. The summed E-state index contributed by atoms with van der Waals surface area (Å²) in [6.45, 7) is 4.32. The van der Waals surface area contributed by atoms with E-state index in [1.54, 1.807) is 48.5 Å². The summed E-state index contributed by atoms with van der Waals surface area (Å²) in [6.07, 6.45) is 1.79. The lowest BCUT2D eigenvalue weighted by atomic mass is 10.2. The Labute approximate surface area is 146 Å². The second-order valence-electron chi connectivity index (χ2n) is 5.36. The number of unbranched alkanes of at least 4 members (excludes halogenated alkanes) is 1. The van der Waals surface area contributed by atoms with Crippen LogP contribution in [0.15, 0.2) is 58.3 Å². The van der Waals surface area contributed by atoms with Crippen LogP contribution < -0.4 is 0 Å². The monoisotopic (exact) mass is 364 g/mol. The van der Waals surface area contributed by atoms with Crippen molar-refractivity contribution >= 4 is 25.6 Å². The Balaban J connectivity index is 2.05. The summed E-state index contributed by atoms with van der Waals surface area (Å²) < 4.78 is 29.9. The van der Waals surface area contributed by atoms with Gasteiger partial charge in [0.1, 0.15) is 0 Å². The molecule has 2 aromatic carbocycles. The third-order valence-corrected chi connectivity index (χ3v) is 6.68. The van der Waals surface area contributed by atoms with Gasteiger partial charge in [0, 0.05) is 15.7 Å². The van der Waals surface area contributed by atoms with Crippen LogP contribution in [-0.2, 0) is 13.6 Å². The predicted molar refractivity (Wildman–Crippen MR) is 95.9 cm³/mol. The first kappa shape index (κ1) is 18.5. The van der Waals surface area contributed by atoms with Crippen molar-refractivity contribution in [1.82, 2.24) is 0 Å². The van der Waals surface area contributed by atoms with Crippen molar-refractivity contribution in [2.24, 2.45) is 0 Å². The largest absolute Gasteiger partial charge is 0.462 e. The Morgan fingerprint density at radius 3 is 2.25 bits per heavy atom. The van der Waals surface area contributed by atoms with Crippen molar-refractivity contribution in [2.75, 3.05) is 6.61 Å². The van der Waals surface area contributed by atoms with Crippen molar-refractivity contribution in [3.63, 3.8) is 0 Å². The zero-order valence-electron chi connectivity index (χ0n) is 13.7. The number of esters is 1. The molecule has 2 aromatic rings. The van der Waals surface area contributed by atoms with E-state index in [1.807, 2.05) is 13.8 Å². The first-order chi connectivity index (χ1) is 11.4. The van der Waals surface area contributed by atoms with Gasteiger partial charge in [-0.1, -0.05) is 31.0 Å². The first-order valence-corrected chi connectivity index (χ1v) is 10.5. The van der Waals surface area contributed by atoms with Crippen LogP contribution in [0.2, 0.25) is 0 Å². The molecule has 0 aromatic heterocycles. The highest BCUT2D eigenvalue weighted by Crippen LogP contribution is 2.31. The van der Waals surface area contributed by atoms with Gasteiger partial charge in [0.15, 0.2) is 0 Å². The SMILES string of the molecule is CCCCOC(=O)c1ccc(SS(=O)(=O)c2ccc(C)cc2)cc1. The van der Waals surface area contributed by atoms with Crippen LogP contribution in [0.25, 0.3) is 0 Å². The van der Waals surface area contributed by atoms with Crippen molar-refractivity contribution < 1.29 is 17.9 Å². The summed E-state index contributed by atoms with van der Waals surface area (Å²) in [6, 6.07) is 13.1. The van der Waals surface area contributed by atoms with E-state index in [4.69, 9.17) is 4.74 Å². The first-order valence-electron chi connectivity index (χ1n) is 7.71. The number of hydrogen-bond acceptors (Lipinski definition) is 5. The molecule has 0 heterocycles. The molecular formula is C18H20O4S2. The maximum Gasteiger partial charge on any atom is 0.338 e. The van der Waals surface area contributed by atoms with E-state index in [0.29, 0.717) is 17.1 Å². The molecule has 0 N–H and O–H groups in total. The van der Waals surface area contributed by atoms with E-state index in [9.17, 15) is 13.2 Å². The van der Waals surface area contributed by atoms with Gasteiger partial charge in [0.2, 0.25) is 8.87 Å². The molecule has 24 heavy (non-hydrogen) atoms. The summed E-state index contributed by atoms with van der Waals surface area (Å²) in [5.74, 6) is -0.388. The third-order valence-electron chi connectivity index (χ3n) is 3.34. The van der Waals surface area contributed by atoms with Gasteiger partial charge in [-0.2, -0.15) is 0 Å². The molecule has 0 atom stereocenters. The number of hydrogen-bond donors (Lipinski definition) is 0. The molecule has 0 radical (unpaired) electrons. The van der Waals surface area contributed by atoms with Crippen LogP contribution in [0.4, 0.5) is 0 Å². The highest BCUT2D eigenvalue weighted by atomic mass is 33.1. The Morgan fingerprint density at radius 2 is 1.67 bits per heavy atom. The molecule has 0 spiro atoms. The van der Waals surface area contributed by atoms with Gasteiger partial charge in [-0.15, -0.1) is 0 Å². The fourth-order valence-corrected chi connectivity index (χ4v) is 4.70. The van der Waals surface area contributed by atoms with Crippen LogP contribution in [0.5, 0.6) is 0 Å². The molecule has 0 unspecified atom stereocenters. The van der Waals surface area contributed by atoms with Crippen molar-refractivity contribution in [1.29, 1.82) is 0 Å². The zero-order chi connectivity index (χ0) is 17.6. The molecule has 128 valence electrons. The average molecular weight is 364 g/mol. The number of carbonyl (C=O) groups excluding carboxylic acids is 1. The molecule has 2 rings (SSSR count). The Hall–Kier alpha value is -1.79. The van der Waals surface area contributed by atoms with Gasteiger partial charge in [-0.25, -0.2) is 13.2 Å². The molecule has 0 aliphatic carbocycles. The maximum atomic E-state index is 12.4. The van der Waals surface area contributed by atoms with Gasteiger partial charge in [-0.3, -0.25) is 0 Å². The molecular weight excluding hydrogens is 344 g/mol. The van der Waals surface area contributed by atoms with E-state index in [0.717, 1.165) is 29.2 Å². The van der Waals surface area contributed by atoms with Crippen LogP contribution in [0.3, 0.4) is 0 Å². The van der Waals surface area contributed by atoms with Crippen molar-refractivity contribution in [3.8, 4) is 0 Å². The molecule has 0 aliphatic heterocycles. The second kappa shape index (κ2) is 8.35. The minimum Gasteiger partial charge on any atom is -0.462 e. The molecule has 0 saturated heterocycles. The van der Waals surface area contributed by atoms with Gasteiger partial charge in [0.25, 0.3) is 0 Å². The van der Waals surface area contributed by atoms with Gasteiger partial charge in [-0.05, 0) is 49.7 Å². The predicted octanol–water partition coefficient (Wildman–Crippen LogP) is 4.43. The number of rotatable bonds is 7. The highest BCUT2D eigenvalue weighted by Gasteiger charge is 2.17. The smallest absolute Gasteiger partial charge is 0.338 e. The summed E-state index contributed by atoms with van der Waals surface area (Å²) in [5, 5.41) is 0. The van der Waals surface area contributed by atoms with E-state index in [-0.39, 0.29) is 10.9 Å². The second-order valence-corrected chi connectivity index (χ2v) is 9.20. The van der Waals surface area contributed by atoms with Crippen molar-refractivity contribution in [3.05, 3.63) is 59.7 Å². The summed E-state index contributed by atoms with van der Waals surface area (Å²) in [4.78, 5) is 12.6. The van der Waals surface area contributed by atoms with E-state index in [1.165, 1.54) is 0 Å². The van der Waals surface area contributed by atoms with E-state index >= 15 is 0 Å². The Morgan fingerprint density at radius 1 is 1.04 bits per heavy atom. The summed E-state index contributed by atoms with van der Waals surface area (Å²) >= 11 is 0. The lowest BCUT2D eigenvalue weighted by Crippen LogP contribution is -2.06. The van der Waals surface area contributed by atoms with Gasteiger partial charge < -0.3 is 4.74 Å². The summed E-state index contributed by atoms with van der Waals surface area (Å²) in [5.41, 5.74) is 1.42. The minimum absolute atomic E-state index is 0.265. The van der Waals surface area contributed by atoms with Gasteiger partial charge >= 0.3 is 5.97 Å². The molecule has 0 fully saturated rings. The molecule has 0 bridgehead atoms.